The third-order valence-corrected chi connectivity index (χ3v) is 3.51. The van der Waals surface area contributed by atoms with Gasteiger partial charge in [0, 0.05) is 12.6 Å². The minimum absolute atomic E-state index is 0.0258. The van der Waals surface area contributed by atoms with Gasteiger partial charge in [0.1, 0.15) is 6.10 Å². The molecule has 0 aliphatic carbocycles. The van der Waals surface area contributed by atoms with Gasteiger partial charge in [-0.2, -0.15) is 4.98 Å². The van der Waals surface area contributed by atoms with Gasteiger partial charge in [0.05, 0.1) is 5.92 Å². The number of ether oxygens (including phenoxy) is 1. The van der Waals surface area contributed by atoms with Crippen molar-refractivity contribution in [1.82, 2.24) is 15.5 Å². The van der Waals surface area contributed by atoms with Crippen molar-refractivity contribution in [3.63, 3.8) is 0 Å². The summed E-state index contributed by atoms with van der Waals surface area (Å²) in [6.45, 7) is 7.99. The molecule has 102 valence electrons. The maximum atomic E-state index is 5.67. The topological polar surface area (TPSA) is 60.2 Å². The Bertz CT molecular complexity index is 361. The van der Waals surface area contributed by atoms with Crippen molar-refractivity contribution < 1.29 is 9.26 Å². The van der Waals surface area contributed by atoms with Crippen molar-refractivity contribution in [1.29, 1.82) is 0 Å². The van der Waals surface area contributed by atoms with Crippen LogP contribution < -0.4 is 5.32 Å². The summed E-state index contributed by atoms with van der Waals surface area (Å²) in [5.41, 5.74) is 0. The Morgan fingerprint density at radius 2 is 2.33 bits per heavy atom. The van der Waals surface area contributed by atoms with E-state index < -0.39 is 0 Å². The maximum Gasteiger partial charge on any atom is 0.231 e. The molecule has 2 rings (SSSR count). The molecule has 5 nitrogen and oxygen atoms in total. The lowest BCUT2D eigenvalue weighted by Crippen LogP contribution is -2.21. The molecule has 1 aromatic heterocycles. The number of nitrogens with zero attached hydrogens (tertiary/aromatic N) is 2. The zero-order valence-electron chi connectivity index (χ0n) is 11.5. The van der Waals surface area contributed by atoms with Crippen LogP contribution in [-0.4, -0.2) is 29.3 Å². The minimum atomic E-state index is -0.0258. The molecular formula is C13H23N3O2. The average Bonchev–Trinajstić information content (AvgIpc) is 2.97. The molecule has 1 N–H and O–H groups in total. The number of nitrogens with one attached hydrogen (secondary N) is 1. The van der Waals surface area contributed by atoms with E-state index in [1.165, 1.54) is 0 Å². The molecule has 18 heavy (non-hydrogen) atoms. The number of rotatable bonds is 6. The van der Waals surface area contributed by atoms with Crippen LogP contribution >= 0.6 is 0 Å². The lowest BCUT2D eigenvalue weighted by molar-refractivity contribution is 0.0477. The van der Waals surface area contributed by atoms with E-state index in [9.17, 15) is 0 Å². The Balaban J connectivity index is 2.08. The standard InChI is InChI=1S/C13H23N3O2/c1-4-6-11(17-5-2)12-15-13(18-16-12)10-7-8-14-9(10)3/h9-11,14H,4-8H2,1-3H3. The molecule has 3 unspecified atom stereocenters. The molecule has 1 aromatic rings. The van der Waals surface area contributed by atoms with E-state index in [1.54, 1.807) is 0 Å². The molecule has 3 atom stereocenters. The molecule has 1 aliphatic rings. The minimum Gasteiger partial charge on any atom is -0.370 e. The molecule has 5 heteroatoms. The summed E-state index contributed by atoms with van der Waals surface area (Å²) in [6.07, 6.45) is 3.03. The van der Waals surface area contributed by atoms with Gasteiger partial charge < -0.3 is 14.6 Å². The van der Waals surface area contributed by atoms with Crippen molar-refractivity contribution in [2.45, 2.75) is 58.1 Å². The first-order valence-electron chi connectivity index (χ1n) is 6.94. The van der Waals surface area contributed by atoms with Crippen molar-refractivity contribution >= 4 is 0 Å². The van der Waals surface area contributed by atoms with Gasteiger partial charge in [-0.1, -0.05) is 18.5 Å². The van der Waals surface area contributed by atoms with Gasteiger partial charge >= 0.3 is 0 Å². The summed E-state index contributed by atoms with van der Waals surface area (Å²) in [5, 5.41) is 7.49. The highest BCUT2D eigenvalue weighted by atomic mass is 16.5. The van der Waals surface area contributed by atoms with Crippen LogP contribution in [0.3, 0.4) is 0 Å². The number of hydrogen-bond donors (Lipinski definition) is 1. The normalized spacial score (nSPS) is 25.5. The van der Waals surface area contributed by atoms with Crippen molar-refractivity contribution in [3.8, 4) is 0 Å². The van der Waals surface area contributed by atoms with Crippen LogP contribution in [0.25, 0.3) is 0 Å². The van der Waals surface area contributed by atoms with Crippen molar-refractivity contribution in [2.75, 3.05) is 13.2 Å². The number of hydrogen-bond acceptors (Lipinski definition) is 5. The average molecular weight is 253 g/mol. The summed E-state index contributed by atoms with van der Waals surface area (Å²) < 4.78 is 11.1. The Labute approximate surface area is 108 Å². The van der Waals surface area contributed by atoms with E-state index in [4.69, 9.17) is 9.26 Å². The Kier molecular flexibility index (Phi) is 4.72. The zero-order chi connectivity index (χ0) is 13.0. The van der Waals surface area contributed by atoms with E-state index in [-0.39, 0.29) is 6.10 Å². The molecule has 0 amide bonds. The third kappa shape index (κ3) is 2.90. The fourth-order valence-corrected chi connectivity index (χ4v) is 2.48. The van der Waals surface area contributed by atoms with Gasteiger partial charge in [0.15, 0.2) is 0 Å². The SMILES string of the molecule is CCCC(OCC)c1noc(C2CCNC2C)n1. The lowest BCUT2D eigenvalue weighted by atomic mass is 10.0. The highest BCUT2D eigenvalue weighted by Crippen LogP contribution is 2.28. The largest absolute Gasteiger partial charge is 0.370 e. The fourth-order valence-electron chi connectivity index (χ4n) is 2.48. The first-order valence-corrected chi connectivity index (χ1v) is 6.94. The Morgan fingerprint density at radius 3 is 2.94 bits per heavy atom. The van der Waals surface area contributed by atoms with Gasteiger partial charge in [0.2, 0.25) is 11.7 Å². The first kappa shape index (κ1) is 13.5. The second kappa shape index (κ2) is 6.29. The maximum absolute atomic E-state index is 5.67. The van der Waals surface area contributed by atoms with E-state index in [0.717, 1.165) is 31.7 Å². The molecule has 0 saturated carbocycles. The number of aromatic nitrogens is 2. The zero-order valence-corrected chi connectivity index (χ0v) is 11.5. The van der Waals surface area contributed by atoms with Crippen LogP contribution in [0, 0.1) is 0 Å². The second-order valence-corrected chi connectivity index (χ2v) is 4.86. The highest BCUT2D eigenvalue weighted by Gasteiger charge is 2.30. The molecule has 1 saturated heterocycles. The van der Waals surface area contributed by atoms with Crippen molar-refractivity contribution in [3.05, 3.63) is 11.7 Å². The van der Waals surface area contributed by atoms with Gasteiger partial charge in [-0.25, -0.2) is 0 Å². The summed E-state index contributed by atoms with van der Waals surface area (Å²) in [7, 11) is 0. The molecule has 0 spiro atoms. The van der Waals surface area contributed by atoms with Crippen LogP contribution in [0.1, 0.15) is 63.8 Å². The van der Waals surface area contributed by atoms with Gasteiger partial charge in [0.25, 0.3) is 0 Å². The van der Waals surface area contributed by atoms with E-state index in [2.05, 4.69) is 29.3 Å². The molecule has 1 fully saturated rings. The smallest absolute Gasteiger partial charge is 0.231 e. The first-order chi connectivity index (χ1) is 8.76. The molecule has 2 heterocycles. The summed E-state index contributed by atoms with van der Waals surface area (Å²) in [6, 6.07) is 0.412. The van der Waals surface area contributed by atoms with Crippen molar-refractivity contribution in [2.24, 2.45) is 0 Å². The van der Waals surface area contributed by atoms with E-state index in [0.29, 0.717) is 24.4 Å². The highest BCUT2D eigenvalue weighted by molar-refractivity contribution is 5.03. The second-order valence-electron chi connectivity index (χ2n) is 4.86. The van der Waals surface area contributed by atoms with E-state index >= 15 is 0 Å². The lowest BCUT2D eigenvalue weighted by Gasteiger charge is -2.11. The molecule has 0 radical (unpaired) electrons. The van der Waals surface area contributed by atoms with Gasteiger partial charge in [-0.05, 0) is 33.2 Å². The van der Waals surface area contributed by atoms with E-state index in [1.807, 2.05) is 6.92 Å². The third-order valence-electron chi connectivity index (χ3n) is 3.51. The predicted molar refractivity (Wildman–Crippen MR) is 68.4 cm³/mol. The summed E-state index contributed by atoms with van der Waals surface area (Å²) in [5.74, 6) is 1.80. The fraction of sp³-hybridized carbons (Fsp3) is 0.846. The van der Waals surface area contributed by atoms with Crippen LogP contribution in [0.4, 0.5) is 0 Å². The molecule has 1 aliphatic heterocycles. The predicted octanol–water partition coefficient (Wildman–Crippen LogP) is 2.41. The quantitative estimate of drug-likeness (QED) is 0.843. The summed E-state index contributed by atoms with van der Waals surface area (Å²) in [4.78, 5) is 4.54. The van der Waals surface area contributed by atoms with Gasteiger partial charge in [-0.15, -0.1) is 0 Å². The summed E-state index contributed by atoms with van der Waals surface area (Å²) >= 11 is 0. The van der Waals surface area contributed by atoms with Gasteiger partial charge in [-0.3, -0.25) is 0 Å². The monoisotopic (exact) mass is 253 g/mol. The van der Waals surface area contributed by atoms with Crippen LogP contribution in [-0.2, 0) is 4.74 Å². The molecule has 0 aromatic carbocycles. The Hall–Kier alpha value is -0.940. The van der Waals surface area contributed by atoms with Crippen LogP contribution in [0.15, 0.2) is 4.52 Å². The molecular weight excluding hydrogens is 230 g/mol. The van der Waals surface area contributed by atoms with Crippen LogP contribution in [0.2, 0.25) is 0 Å². The molecule has 0 bridgehead atoms. The van der Waals surface area contributed by atoms with Crippen LogP contribution in [0.5, 0.6) is 0 Å². The Morgan fingerprint density at radius 1 is 1.50 bits per heavy atom.